The minimum atomic E-state index is -4.42. The number of carbonyl (C=O) groups is 1. The van der Waals surface area contributed by atoms with Gasteiger partial charge in [-0.05, 0) is 53.7 Å². The first-order valence-corrected chi connectivity index (χ1v) is 9.08. The Hall–Kier alpha value is -2.00. The molecule has 1 heterocycles. The molecule has 2 aromatic rings. The van der Waals surface area contributed by atoms with Gasteiger partial charge in [0, 0.05) is 12.1 Å². The second kappa shape index (κ2) is 7.20. The van der Waals surface area contributed by atoms with E-state index in [0.29, 0.717) is 5.56 Å². The number of alkyl halides is 3. The van der Waals surface area contributed by atoms with E-state index in [4.69, 9.17) is 0 Å². The van der Waals surface area contributed by atoms with Crippen molar-refractivity contribution >= 4 is 21.8 Å². The van der Waals surface area contributed by atoms with Gasteiger partial charge in [-0.3, -0.25) is 4.79 Å². The molecule has 9 heteroatoms. The summed E-state index contributed by atoms with van der Waals surface area (Å²) in [6, 6.07) is 4.46. The molecule has 1 aromatic carbocycles. The number of rotatable bonds is 5. The number of hydrogen-bond donors (Lipinski definition) is 2. The fraction of sp³-hybridized carbons (Fsp3) is 0.389. The first kappa shape index (κ1) is 19.8. The summed E-state index contributed by atoms with van der Waals surface area (Å²) in [5.74, 6) is -0.352. The van der Waals surface area contributed by atoms with Crippen molar-refractivity contribution in [1.29, 1.82) is 0 Å². The number of benzene rings is 1. The van der Waals surface area contributed by atoms with E-state index in [0.717, 1.165) is 25.0 Å². The molecular weight excluding hydrogens is 427 g/mol. The minimum Gasteiger partial charge on any atom is -0.388 e. The lowest BCUT2D eigenvalue weighted by Gasteiger charge is -2.23. The minimum absolute atomic E-state index is 0.000931. The zero-order chi connectivity index (χ0) is 19.8. The van der Waals surface area contributed by atoms with Crippen LogP contribution in [0, 0.1) is 5.92 Å². The SMILES string of the molecule is C[C@](O)(CNC(=O)c1nc(-c2ccc(C(F)(F)F)cc2)cnc1Br)C1CC1. The molecule has 1 fully saturated rings. The third kappa shape index (κ3) is 4.65. The highest BCUT2D eigenvalue weighted by atomic mass is 79.9. The van der Waals surface area contributed by atoms with Crippen molar-refractivity contribution < 1.29 is 23.1 Å². The van der Waals surface area contributed by atoms with Crippen LogP contribution in [0.5, 0.6) is 0 Å². The zero-order valence-electron chi connectivity index (χ0n) is 14.3. The molecule has 144 valence electrons. The number of carbonyl (C=O) groups excluding carboxylic acids is 1. The Morgan fingerprint density at radius 1 is 1.30 bits per heavy atom. The van der Waals surface area contributed by atoms with E-state index in [-0.39, 0.29) is 28.5 Å². The van der Waals surface area contributed by atoms with Crippen molar-refractivity contribution in [3.05, 3.63) is 46.3 Å². The molecule has 27 heavy (non-hydrogen) atoms. The highest BCUT2D eigenvalue weighted by molar-refractivity contribution is 9.10. The van der Waals surface area contributed by atoms with Crippen LogP contribution in [0.4, 0.5) is 13.2 Å². The Kier molecular flexibility index (Phi) is 5.27. The van der Waals surface area contributed by atoms with E-state index in [1.165, 1.54) is 18.3 Å². The van der Waals surface area contributed by atoms with E-state index >= 15 is 0 Å². The summed E-state index contributed by atoms with van der Waals surface area (Å²) in [6.45, 7) is 1.75. The Balaban J connectivity index is 1.78. The summed E-state index contributed by atoms with van der Waals surface area (Å²) in [4.78, 5) is 20.7. The monoisotopic (exact) mass is 443 g/mol. The van der Waals surface area contributed by atoms with Gasteiger partial charge in [0.25, 0.3) is 5.91 Å². The average Bonchev–Trinajstić information content (AvgIpc) is 3.45. The lowest BCUT2D eigenvalue weighted by molar-refractivity contribution is -0.137. The summed E-state index contributed by atoms with van der Waals surface area (Å²) < 4.78 is 38.2. The molecule has 2 N–H and O–H groups in total. The van der Waals surface area contributed by atoms with E-state index in [1.54, 1.807) is 6.92 Å². The van der Waals surface area contributed by atoms with Crippen molar-refractivity contribution in [2.45, 2.75) is 31.5 Å². The van der Waals surface area contributed by atoms with Crippen molar-refractivity contribution in [1.82, 2.24) is 15.3 Å². The molecule has 0 radical (unpaired) electrons. The molecule has 1 atom stereocenters. The number of nitrogens with one attached hydrogen (secondary N) is 1. The molecule has 3 rings (SSSR count). The molecule has 1 amide bonds. The summed E-state index contributed by atoms with van der Waals surface area (Å²) in [5, 5.41) is 12.9. The molecule has 1 aliphatic carbocycles. The van der Waals surface area contributed by atoms with Crippen molar-refractivity contribution in [2.75, 3.05) is 6.54 Å². The number of amides is 1. The molecule has 0 unspecified atom stereocenters. The maximum atomic E-state index is 12.7. The number of nitrogens with zero attached hydrogens (tertiary/aromatic N) is 2. The number of aromatic nitrogens is 2. The summed E-state index contributed by atoms with van der Waals surface area (Å²) >= 11 is 3.16. The highest BCUT2D eigenvalue weighted by Gasteiger charge is 2.40. The van der Waals surface area contributed by atoms with Gasteiger partial charge in [0.2, 0.25) is 0 Å². The lowest BCUT2D eigenvalue weighted by Crippen LogP contribution is -2.42. The van der Waals surface area contributed by atoms with E-state index in [1.807, 2.05) is 0 Å². The highest BCUT2D eigenvalue weighted by Crippen LogP contribution is 2.39. The predicted octanol–water partition coefficient (Wildman–Crippen LogP) is 3.82. The average molecular weight is 444 g/mol. The van der Waals surface area contributed by atoms with Gasteiger partial charge in [-0.25, -0.2) is 9.97 Å². The maximum Gasteiger partial charge on any atom is 0.416 e. The lowest BCUT2D eigenvalue weighted by atomic mass is 10.0. The van der Waals surface area contributed by atoms with Gasteiger partial charge in [0.1, 0.15) is 4.60 Å². The van der Waals surface area contributed by atoms with Crippen LogP contribution in [0.15, 0.2) is 35.1 Å². The maximum absolute atomic E-state index is 12.7. The van der Waals surface area contributed by atoms with Gasteiger partial charge < -0.3 is 10.4 Å². The summed E-state index contributed by atoms with van der Waals surface area (Å²) in [5.41, 5.74) is -1.08. The molecule has 0 saturated heterocycles. The van der Waals surface area contributed by atoms with Crippen LogP contribution in [0.1, 0.15) is 35.8 Å². The van der Waals surface area contributed by atoms with Gasteiger partial charge in [-0.1, -0.05) is 12.1 Å². The first-order chi connectivity index (χ1) is 12.6. The molecule has 0 aliphatic heterocycles. The Morgan fingerprint density at radius 2 is 1.93 bits per heavy atom. The smallest absolute Gasteiger partial charge is 0.388 e. The quantitative estimate of drug-likeness (QED) is 0.736. The summed E-state index contributed by atoms with van der Waals surface area (Å²) in [6.07, 6.45) is -1.21. The predicted molar refractivity (Wildman–Crippen MR) is 95.9 cm³/mol. The Morgan fingerprint density at radius 3 is 2.48 bits per heavy atom. The number of aliphatic hydroxyl groups is 1. The molecule has 5 nitrogen and oxygen atoms in total. The Labute approximate surface area is 162 Å². The normalized spacial score (nSPS) is 16.7. The van der Waals surface area contributed by atoms with Gasteiger partial charge >= 0.3 is 6.18 Å². The first-order valence-electron chi connectivity index (χ1n) is 8.29. The fourth-order valence-electron chi connectivity index (χ4n) is 2.68. The fourth-order valence-corrected chi connectivity index (χ4v) is 3.05. The van der Waals surface area contributed by atoms with Gasteiger partial charge in [-0.2, -0.15) is 13.2 Å². The van der Waals surface area contributed by atoms with Crippen LogP contribution in [0.3, 0.4) is 0 Å². The van der Waals surface area contributed by atoms with E-state index in [2.05, 4.69) is 31.2 Å². The van der Waals surface area contributed by atoms with Crippen molar-refractivity contribution in [3.63, 3.8) is 0 Å². The van der Waals surface area contributed by atoms with Gasteiger partial charge in [0.15, 0.2) is 5.69 Å². The van der Waals surface area contributed by atoms with Crippen LogP contribution in [0.25, 0.3) is 11.3 Å². The van der Waals surface area contributed by atoms with Crippen molar-refractivity contribution in [2.24, 2.45) is 5.92 Å². The van der Waals surface area contributed by atoms with Crippen LogP contribution >= 0.6 is 15.9 Å². The molecule has 0 spiro atoms. The van der Waals surface area contributed by atoms with Gasteiger partial charge in [0.05, 0.1) is 23.1 Å². The standard InChI is InChI=1S/C18H17BrF3N3O2/c1-17(27,11-6-7-11)9-24-16(26)14-15(19)23-8-13(25-14)10-2-4-12(5-3-10)18(20,21)22/h2-5,8,11,27H,6-7,9H2,1H3,(H,24,26)/t17-/m0/s1. The summed E-state index contributed by atoms with van der Waals surface area (Å²) in [7, 11) is 0. The third-order valence-corrected chi connectivity index (χ3v) is 5.09. The van der Waals surface area contributed by atoms with Gasteiger partial charge in [-0.15, -0.1) is 0 Å². The topological polar surface area (TPSA) is 75.1 Å². The van der Waals surface area contributed by atoms with Crippen molar-refractivity contribution in [3.8, 4) is 11.3 Å². The Bertz CT molecular complexity index is 850. The number of hydrogen-bond acceptors (Lipinski definition) is 4. The molecular formula is C18H17BrF3N3O2. The molecule has 1 saturated carbocycles. The van der Waals surface area contributed by atoms with Crippen LogP contribution in [-0.2, 0) is 6.18 Å². The van der Waals surface area contributed by atoms with Crippen LogP contribution in [-0.4, -0.2) is 33.1 Å². The largest absolute Gasteiger partial charge is 0.416 e. The zero-order valence-corrected chi connectivity index (χ0v) is 15.9. The molecule has 1 aliphatic rings. The second-order valence-corrected chi connectivity index (χ2v) is 7.54. The third-order valence-electron chi connectivity index (χ3n) is 4.51. The van der Waals surface area contributed by atoms with Crippen LogP contribution in [0.2, 0.25) is 0 Å². The molecule has 1 aromatic heterocycles. The number of halogens is 4. The van der Waals surface area contributed by atoms with E-state index in [9.17, 15) is 23.1 Å². The second-order valence-electron chi connectivity index (χ2n) is 6.78. The van der Waals surface area contributed by atoms with Crippen LogP contribution < -0.4 is 5.32 Å². The molecule has 0 bridgehead atoms. The van der Waals surface area contributed by atoms with E-state index < -0.39 is 23.2 Å².